The summed E-state index contributed by atoms with van der Waals surface area (Å²) in [5.74, 6) is -0.935. The van der Waals surface area contributed by atoms with Gasteiger partial charge in [0, 0.05) is 0 Å². The highest BCUT2D eigenvalue weighted by atomic mass is 19.3. The second-order valence-electron chi connectivity index (χ2n) is 7.43. The van der Waals surface area contributed by atoms with Gasteiger partial charge < -0.3 is 19.3 Å². The van der Waals surface area contributed by atoms with Crippen molar-refractivity contribution >= 4 is 5.97 Å². The zero-order valence-electron chi connectivity index (χ0n) is 15.6. The first-order valence-electron chi connectivity index (χ1n) is 9.28. The Morgan fingerprint density at radius 3 is 2.71 bits per heavy atom. The SMILES string of the molecule is COC(=O)C1CC(C#N)(c2ccc(OC(F)F)c(OCC3CC3)c2)CCC1O. The van der Waals surface area contributed by atoms with E-state index in [1.54, 1.807) is 0 Å². The largest absolute Gasteiger partial charge is 0.489 e. The summed E-state index contributed by atoms with van der Waals surface area (Å²) < 4.78 is 40.4. The summed E-state index contributed by atoms with van der Waals surface area (Å²) in [5, 5.41) is 20.1. The fourth-order valence-corrected chi connectivity index (χ4v) is 3.63. The monoisotopic (exact) mass is 395 g/mol. The molecule has 2 saturated carbocycles. The Morgan fingerprint density at radius 2 is 2.11 bits per heavy atom. The number of nitrogens with zero attached hydrogens (tertiary/aromatic N) is 1. The number of carbonyl (C=O) groups is 1. The van der Waals surface area contributed by atoms with Crippen LogP contribution in [-0.2, 0) is 14.9 Å². The first-order chi connectivity index (χ1) is 13.4. The molecule has 28 heavy (non-hydrogen) atoms. The molecule has 2 aliphatic rings. The standard InChI is InChI=1S/C20H23F2NO5/c1-26-18(25)14-9-20(11-23,7-6-15(14)24)13-4-5-16(28-19(21)22)17(8-13)27-10-12-2-3-12/h4-5,8,12,14-15,19,24H,2-3,6-7,9-10H2,1H3. The van der Waals surface area contributed by atoms with Crippen molar-refractivity contribution in [1.82, 2.24) is 0 Å². The van der Waals surface area contributed by atoms with Crippen molar-refractivity contribution in [2.24, 2.45) is 11.8 Å². The molecule has 0 aromatic heterocycles. The number of esters is 1. The number of carbonyl (C=O) groups excluding carboxylic acids is 1. The number of hydrogen-bond acceptors (Lipinski definition) is 6. The van der Waals surface area contributed by atoms with E-state index in [4.69, 9.17) is 9.47 Å². The van der Waals surface area contributed by atoms with Crippen LogP contribution in [0.15, 0.2) is 18.2 Å². The number of aliphatic hydroxyl groups is 1. The van der Waals surface area contributed by atoms with Crippen molar-refractivity contribution in [3.8, 4) is 17.6 Å². The minimum atomic E-state index is -2.99. The molecule has 1 aromatic rings. The third kappa shape index (κ3) is 4.36. The molecule has 0 saturated heterocycles. The smallest absolute Gasteiger partial charge is 0.387 e. The van der Waals surface area contributed by atoms with Gasteiger partial charge in [0.15, 0.2) is 11.5 Å². The Kier molecular flexibility index (Phi) is 6.04. The maximum absolute atomic E-state index is 12.7. The number of aliphatic hydroxyl groups excluding tert-OH is 1. The second-order valence-corrected chi connectivity index (χ2v) is 7.43. The zero-order chi connectivity index (χ0) is 20.3. The van der Waals surface area contributed by atoms with Crippen LogP contribution in [0.3, 0.4) is 0 Å². The van der Waals surface area contributed by atoms with E-state index in [1.165, 1.54) is 25.3 Å². The molecule has 3 rings (SSSR count). The zero-order valence-corrected chi connectivity index (χ0v) is 15.6. The summed E-state index contributed by atoms with van der Waals surface area (Å²) in [6.07, 6.45) is 1.84. The van der Waals surface area contributed by atoms with E-state index >= 15 is 0 Å². The van der Waals surface area contributed by atoms with Gasteiger partial charge in [0.05, 0.1) is 37.2 Å². The maximum atomic E-state index is 12.7. The predicted molar refractivity (Wildman–Crippen MR) is 93.9 cm³/mol. The maximum Gasteiger partial charge on any atom is 0.387 e. The van der Waals surface area contributed by atoms with E-state index in [1.807, 2.05) is 0 Å². The second kappa shape index (κ2) is 8.31. The van der Waals surface area contributed by atoms with Gasteiger partial charge in [-0.1, -0.05) is 6.07 Å². The van der Waals surface area contributed by atoms with E-state index in [-0.39, 0.29) is 24.3 Å². The van der Waals surface area contributed by atoms with Gasteiger partial charge in [0.2, 0.25) is 0 Å². The van der Waals surface area contributed by atoms with E-state index in [0.717, 1.165) is 12.8 Å². The van der Waals surface area contributed by atoms with Crippen molar-refractivity contribution in [2.75, 3.05) is 13.7 Å². The van der Waals surface area contributed by atoms with E-state index in [0.29, 0.717) is 24.5 Å². The number of alkyl halides is 2. The summed E-state index contributed by atoms with van der Waals surface area (Å²) in [6, 6.07) is 6.70. The van der Waals surface area contributed by atoms with Crippen LogP contribution in [0.5, 0.6) is 11.5 Å². The van der Waals surface area contributed by atoms with Crippen LogP contribution in [0.25, 0.3) is 0 Å². The molecule has 0 radical (unpaired) electrons. The highest BCUT2D eigenvalue weighted by Gasteiger charge is 2.45. The molecule has 2 fully saturated rings. The lowest BCUT2D eigenvalue weighted by Gasteiger charge is -2.38. The fraction of sp³-hybridized carbons (Fsp3) is 0.600. The number of hydrogen-bond donors (Lipinski definition) is 1. The highest BCUT2D eigenvalue weighted by Crippen LogP contribution is 2.45. The molecule has 0 bridgehead atoms. The Balaban J connectivity index is 1.91. The number of benzene rings is 1. The van der Waals surface area contributed by atoms with Gasteiger partial charge in [-0.25, -0.2) is 0 Å². The summed E-state index contributed by atoms with van der Waals surface area (Å²) in [5.41, 5.74) is -0.512. The first-order valence-corrected chi connectivity index (χ1v) is 9.28. The third-order valence-electron chi connectivity index (χ3n) is 5.50. The molecule has 8 heteroatoms. The molecule has 0 aliphatic heterocycles. The fourth-order valence-electron chi connectivity index (χ4n) is 3.63. The number of ether oxygens (including phenoxy) is 3. The van der Waals surface area contributed by atoms with Gasteiger partial charge in [-0.15, -0.1) is 0 Å². The van der Waals surface area contributed by atoms with Crippen molar-refractivity contribution in [2.45, 2.75) is 50.2 Å². The van der Waals surface area contributed by atoms with Gasteiger partial charge in [0.25, 0.3) is 0 Å². The van der Waals surface area contributed by atoms with Crippen LogP contribution in [-0.4, -0.2) is 37.5 Å². The van der Waals surface area contributed by atoms with Crippen molar-refractivity contribution in [3.05, 3.63) is 23.8 Å². The Morgan fingerprint density at radius 1 is 1.36 bits per heavy atom. The summed E-state index contributed by atoms with van der Waals surface area (Å²) in [7, 11) is 1.23. The van der Waals surface area contributed by atoms with Gasteiger partial charge >= 0.3 is 12.6 Å². The molecular weight excluding hydrogens is 372 g/mol. The van der Waals surface area contributed by atoms with Crippen LogP contribution in [0.1, 0.15) is 37.7 Å². The van der Waals surface area contributed by atoms with Crippen molar-refractivity contribution in [1.29, 1.82) is 5.26 Å². The van der Waals surface area contributed by atoms with Gasteiger partial charge in [-0.2, -0.15) is 14.0 Å². The normalized spacial score (nSPS) is 27.1. The quantitative estimate of drug-likeness (QED) is 0.714. The van der Waals surface area contributed by atoms with Crippen LogP contribution in [0.4, 0.5) is 8.78 Å². The molecule has 0 spiro atoms. The van der Waals surface area contributed by atoms with Crippen molar-refractivity contribution in [3.63, 3.8) is 0 Å². The lowest BCUT2D eigenvalue weighted by atomic mass is 9.65. The number of halogens is 2. The third-order valence-corrected chi connectivity index (χ3v) is 5.50. The predicted octanol–water partition coefficient (Wildman–Crippen LogP) is 3.17. The molecule has 2 aliphatic carbocycles. The summed E-state index contributed by atoms with van der Waals surface area (Å²) in [6.45, 7) is -2.60. The number of rotatable bonds is 7. The number of methoxy groups -OCH3 is 1. The molecule has 1 N–H and O–H groups in total. The van der Waals surface area contributed by atoms with Gasteiger partial charge in [-0.3, -0.25) is 4.79 Å². The van der Waals surface area contributed by atoms with Crippen LogP contribution in [0.2, 0.25) is 0 Å². The number of nitriles is 1. The van der Waals surface area contributed by atoms with Crippen LogP contribution >= 0.6 is 0 Å². The minimum absolute atomic E-state index is 0.0778. The van der Waals surface area contributed by atoms with Crippen LogP contribution < -0.4 is 9.47 Å². The summed E-state index contributed by atoms with van der Waals surface area (Å²) >= 11 is 0. The Bertz CT molecular complexity index is 761. The lowest BCUT2D eigenvalue weighted by Crippen LogP contribution is -2.42. The molecule has 0 heterocycles. The average Bonchev–Trinajstić information content (AvgIpc) is 3.51. The molecular formula is C20H23F2NO5. The van der Waals surface area contributed by atoms with E-state index < -0.39 is 30.0 Å². The average molecular weight is 395 g/mol. The highest BCUT2D eigenvalue weighted by molar-refractivity contribution is 5.73. The summed E-state index contributed by atoms with van der Waals surface area (Å²) in [4.78, 5) is 12.0. The first kappa shape index (κ1) is 20.3. The van der Waals surface area contributed by atoms with E-state index in [9.17, 15) is 23.9 Å². The Labute approximate surface area is 162 Å². The Hall–Kier alpha value is -2.40. The molecule has 1 aromatic carbocycles. The molecule has 6 nitrogen and oxygen atoms in total. The molecule has 152 valence electrons. The topological polar surface area (TPSA) is 88.8 Å². The van der Waals surface area contributed by atoms with Crippen LogP contribution in [0, 0.1) is 23.2 Å². The lowest BCUT2D eigenvalue weighted by molar-refractivity contribution is -0.152. The van der Waals surface area contributed by atoms with Crippen molar-refractivity contribution < 1.29 is 32.9 Å². The molecule has 3 unspecified atom stereocenters. The molecule has 0 amide bonds. The molecule has 3 atom stereocenters. The minimum Gasteiger partial charge on any atom is -0.489 e. The van der Waals surface area contributed by atoms with Gasteiger partial charge in [-0.05, 0) is 55.7 Å². The van der Waals surface area contributed by atoms with E-state index in [2.05, 4.69) is 10.8 Å². The van der Waals surface area contributed by atoms with Gasteiger partial charge in [0.1, 0.15) is 0 Å².